The first-order valence-corrected chi connectivity index (χ1v) is 13.8. The zero-order valence-electron chi connectivity index (χ0n) is 21.9. The summed E-state index contributed by atoms with van der Waals surface area (Å²) < 4.78 is 0. The number of rotatable bonds is 4. The third-order valence-electron chi connectivity index (χ3n) is 6.29. The van der Waals surface area contributed by atoms with Crippen molar-refractivity contribution in [3.8, 4) is 6.07 Å². The van der Waals surface area contributed by atoms with Crippen LogP contribution in [0.3, 0.4) is 0 Å². The summed E-state index contributed by atoms with van der Waals surface area (Å²) in [5.74, 6) is -0.125. The lowest BCUT2D eigenvalue weighted by molar-refractivity contribution is -0.122. The number of thioether (sulfide) groups is 2. The fraction of sp³-hybridized carbons (Fsp3) is 0.172. The van der Waals surface area contributed by atoms with E-state index < -0.39 is 0 Å². The van der Waals surface area contributed by atoms with Gasteiger partial charge in [0, 0.05) is 31.7 Å². The number of benzene rings is 3. The van der Waals surface area contributed by atoms with Crippen LogP contribution in [-0.4, -0.2) is 48.0 Å². The molecule has 1 fully saturated rings. The van der Waals surface area contributed by atoms with Gasteiger partial charge in [0.1, 0.15) is 4.91 Å². The second-order valence-electron chi connectivity index (χ2n) is 9.29. The molecule has 3 amide bonds. The molecule has 3 aromatic rings. The van der Waals surface area contributed by atoms with E-state index in [0.717, 1.165) is 26.7 Å². The van der Waals surface area contributed by atoms with E-state index in [4.69, 9.17) is 4.99 Å². The Hall–Kier alpha value is -4.20. The maximum absolute atomic E-state index is 13.9. The maximum Gasteiger partial charge on any atom is 0.321 e. The molecule has 0 bridgehead atoms. The molecule has 10 heteroatoms. The van der Waals surface area contributed by atoms with Crippen LogP contribution in [0.25, 0.3) is 0 Å². The van der Waals surface area contributed by atoms with E-state index in [1.165, 1.54) is 28.4 Å². The fourth-order valence-electron chi connectivity index (χ4n) is 4.09. The Morgan fingerprint density at radius 2 is 1.85 bits per heavy atom. The van der Waals surface area contributed by atoms with Crippen molar-refractivity contribution >= 4 is 57.7 Å². The molecule has 0 aliphatic carbocycles. The van der Waals surface area contributed by atoms with E-state index in [-0.39, 0.29) is 11.9 Å². The van der Waals surface area contributed by atoms with Crippen molar-refractivity contribution in [1.82, 2.24) is 9.80 Å². The van der Waals surface area contributed by atoms with E-state index in [9.17, 15) is 14.9 Å². The van der Waals surface area contributed by atoms with E-state index in [0.29, 0.717) is 33.6 Å². The number of anilines is 2. The topological polar surface area (TPSA) is 92.0 Å². The standard InChI is InChI=1S/C29H26N6O2S2/c1-18-10-11-20(16-30)14-22(18)32-29-35(17-19-8-6-5-7-9-19)26(36)25(39-29)27-34(4)23-13-12-21(15-24(23)38-27)31-28(37)33(2)3/h5-15H,17H2,1-4H3,(H,31,37)/b27-25-,32-29?. The Labute approximate surface area is 236 Å². The third-order valence-corrected chi connectivity index (χ3v) is 8.70. The van der Waals surface area contributed by atoms with Gasteiger partial charge in [-0.15, -0.1) is 0 Å². The molecule has 8 nitrogen and oxygen atoms in total. The first-order valence-electron chi connectivity index (χ1n) is 12.2. The van der Waals surface area contributed by atoms with Gasteiger partial charge in [0.05, 0.1) is 34.6 Å². The van der Waals surface area contributed by atoms with Crippen molar-refractivity contribution in [2.75, 3.05) is 31.4 Å². The second kappa shape index (κ2) is 10.9. The molecule has 0 atom stereocenters. The largest absolute Gasteiger partial charge is 0.337 e. The zero-order chi connectivity index (χ0) is 27.7. The van der Waals surface area contributed by atoms with Gasteiger partial charge in [0.25, 0.3) is 5.91 Å². The van der Waals surface area contributed by atoms with Crippen molar-refractivity contribution in [2.45, 2.75) is 18.4 Å². The number of aliphatic imine (C=N–C) groups is 1. The first-order chi connectivity index (χ1) is 18.7. The van der Waals surface area contributed by atoms with Crippen molar-refractivity contribution in [3.63, 3.8) is 0 Å². The van der Waals surface area contributed by atoms with Crippen LogP contribution in [0, 0.1) is 18.3 Å². The zero-order valence-corrected chi connectivity index (χ0v) is 23.6. The molecule has 2 aliphatic heterocycles. The smallest absolute Gasteiger partial charge is 0.321 e. The fourth-order valence-corrected chi connectivity index (χ4v) is 6.47. The first kappa shape index (κ1) is 26.4. The number of nitrogens with one attached hydrogen (secondary N) is 1. The number of fused-ring (bicyclic) bond motifs is 1. The summed E-state index contributed by atoms with van der Waals surface area (Å²) in [6.45, 7) is 2.31. The highest BCUT2D eigenvalue weighted by Crippen LogP contribution is 2.51. The maximum atomic E-state index is 13.9. The molecule has 39 heavy (non-hydrogen) atoms. The molecular formula is C29H26N6O2S2. The number of nitriles is 1. The van der Waals surface area contributed by atoms with Gasteiger partial charge in [-0.25, -0.2) is 9.79 Å². The Morgan fingerprint density at radius 3 is 2.56 bits per heavy atom. The number of carbonyl (C=O) groups is 2. The Bertz CT molecular complexity index is 1580. The quantitative estimate of drug-likeness (QED) is 0.390. The van der Waals surface area contributed by atoms with Gasteiger partial charge in [-0.2, -0.15) is 5.26 Å². The molecule has 0 aromatic heterocycles. The minimum Gasteiger partial charge on any atom is -0.337 e. The van der Waals surface area contributed by atoms with Crippen molar-refractivity contribution in [3.05, 3.63) is 93.4 Å². The highest BCUT2D eigenvalue weighted by molar-refractivity contribution is 8.19. The minimum atomic E-state index is -0.209. The van der Waals surface area contributed by atoms with E-state index in [1.54, 1.807) is 31.1 Å². The summed E-state index contributed by atoms with van der Waals surface area (Å²) in [7, 11) is 5.31. The van der Waals surface area contributed by atoms with Crippen LogP contribution in [0.5, 0.6) is 0 Å². The van der Waals surface area contributed by atoms with Gasteiger partial charge in [-0.05, 0) is 60.1 Å². The number of aryl methyl sites for hydroxylation is 1. The Morgan fingerprint density at radius 1 is 1.08 bits per heavy atom. The molecule has 5 rings (SSSR count). The normalized spacial score (nSPS) is 17.4. The lowest BCUT2D eigenvalue weighted by atomic mass is 10.1. The summed E-state index contributed by atoms with van der Waals surface area (Å²) in [6, 6.07) is 22.9. The van der Waals surface area contributed by atoms with Crippen LogP contribution in [0.4, 0.5) is 21.9 Å². The highest BCUT2D eigenvalue weighted by Gasteiger charge is 2.39. The average Bonchev–Trinajstić information content (AvgIpc) is 3.41. The van der Waals surface area contributed by atoms with E-state index >= 15 is 0 Å². The van der Waals surface area contributed by atoms with Crippen LogP contribution in [0.1, 0.15) is 16.7 Å². The molecule has 0 unspecified atom stereocenters. The Balaban J connectivity index is 1.52. The number of hydrogen-bond acceptors (Lipinski definition) is 7. The van der Waals surface area contributed by atoms with Gasteiger partial charge in [-0.3, -0.25) is 9.69 Å². The SMILES string of the molecule is Cc1ccc(C#N)cc1N=C1S/C(=C2\Sc3cc(NC(=O)N(C)C)ccc3N2C)C(=O)N1Cc1ccccc1. The molecule has 3 aromatic carbocycles. The van der Waals surface area contributed by atoms with E-state index in [1.807, 2.05) is 73.5 Å². The highest BCUT2D eigenvalue weighted by atomic mass is 32.2. The molecule has 2 aliphatic rings. The van der Waals surface area contributed by atoms with Crippen LogP contribution < -0.4 is 10.2 Å². The van der Waals surface area contributed by atoms with Crippen LogP contribution in [0.15, 0.2) is 86.6 Å². The number of hydrogen-bond donors (Lipinski definition) is 1. The summed E-state index contributed by atoms with van der Waals surface area (Å²) in [5, 5.41) is 13.6. The van der Waals surface area contributed by atoms with Gasteiger partial charge in [0.15, 0.2) is 5.17 Å². The molecule has 1 N–H and O–H groups in total. The Kier molecular flexibility index (Phi) is 7.37. The summed E-state index contributed by atoms with van der Waals surface area (Å²) in [6.07, 6.45) is 0. The lowest BCUT2D eigenvalue weighted by Gasteiger charge is -2.17. The average molecular weight is 555 g/mol. The molecule has 0 spiro atoms. The predicted molar refractivity (Wildman–Crippen MR) is 158 cm³/mol. The second-order valence-corrected chi connectivity index (χ2v) is 11.3. The van der Waals surface area contributed by atoms with Crippen molar-refractivity contribution in [2.24, 2.45) is 4.99 Å². The number of nitrogens with zero attached hydrogens (tertiary/aromatic N) is 5. The minimum absolute atomic E-state index is 0.125. The molecule has 0 saturated carbocycles. The monoisotopic (exact) mass is 554 g/mol. The summed E-state index contributed by atoms with van der Waals surface area (Å²) in [5.41, 5.74) is 4.72. The van der Waals surface area contributed by atoms with Crippen LogP contribution in [0.2, 0.25) is 0 Å². The van der Waals surface area contributed by atoms with Gasteiger partial charge in [-0.1, -0.05) is 48.2 Å². The predicted octanol–water partition coefficient (Wildman–Crippen LogP) is 6.13. The molecule has 2 heterocycles. The molecule has 0 radical (unpaired) electrons. The summed E-state index contributed by atoms with van der Waals surface area (Å²) in [4.78, 5) is 37.6. The third kappa shape index (κ3) is 5.37. The molecule has 1 saturated heterocycles. The summed E-state index contributed by atoms with van der Waals surface area (Å²) >= 11 is 2.83. The van der Waals surface area contributed by atoms with E-state index in [2.05, 4.69) is 11.4 Å². The molecular weight excluding hydrogens is 528 g/mol. The lowest BCUT2D eigenvalue weighted by Crippen LogP contribution is -2.29. The number of urea groups is 1. The van der Waals surface area contributed by atoms with Crippen molar-refractivity contribution in [1.29, 1.82) is 5.26 Å². The van der Waals surface area contributed by atoms with Crippen LogP contribution in [-0.2, 0) is 11.3 Å². The van der Waals surface area contributed by atoms with Crippen LogP contribution >= 0.6 is 23.5 Å². The number of amides is 3. The number of amidine groups is 1. The number of carbonyl (C=O) groups excluding carboxylic acids is 2. The molecule has 196 valence electrons. The van der Waals surface area contributed by atoms with Crippen molar-refractivity contribution < 1.29 is 9.59 Å². The van der Waals surface area contributed by atoms with Gasteiger partial charge < -0.3 is 15.1 Å². The van der Waals surface area contributed by atoms with Gasteiger partial charge in [0.2, 0.25) is 0 Å². The van der Waals surface area contributed by atoms with Gasteiger partial charge >= 0.3 is 6.03 Å².